The van der Waals surface area contributed by atoms with E-state index in [0.29, 0.717) is 10.8 Å². The highest BCUT2D eigenvalue weighted by Crippen LogP contribution is 2.21. The highest BCUT2D eigenvalue weighted by Gasteiger charge is 2.27. The quantitative estimate of drug-likeness (QED) is 0.573. The van der Waals surface area contributed by atoms with Gasteiger partial charge in [0.15, 0.2) is 10.9 Å². The van der Waals surface area contributed by atoms with Crippen molar-refractivity contribution in [3.05, 3.63) is 28.8 Å². The zero-order valence-corrected chi connectivity index (χ0v) is 13.1. The van der Waals surface area contributed by atoms with Crippen LogP contribution in [-0.4, -0.2) is 22.7 Å². The lowest BCUT2D eigenvalue weighted by atomic mass is 9.94. The number of hydrogen-bond acceptors (Lipinski definition) is 3. The third-order valence-corrected chi connectivity index (χ3v) is 3.14. The molecule has 7 heteroatoms. The summed E-state index contributed by atoms with van der Waals surface area (Å²) >= 11 is 10.9. The lowest BCUT2D eigenvalue weighted by molar-refractivity contribution is -0.146. The smallest absolute Gasteiger partial charge is 0.310 e. The average Bonchev–Trinajstić information content (AvgIpc) is 2.37. The minimum Gasteiger partial charge on any atom is -0.481 e. The average molecular weight is 317 g/mol. The summed E-state index contributed by atoms with van der Waals surface area (Å²) in [4.78, 5) is 16.3. The maximum absolute atomic E-state index is 10.9. The number of carbonyl (C=O) groups is 1. The SMILES string of the molecule is Cc1ccc(Cl)cc1ONC(=S)NCC(C)(C)C(=O)O. The Morgan fingerprint density at radius 3 is 2.75 bits per heavy atom. The number of benzene rings is 1. The molecule has 0 aliphatic carbocycles. The first-order chi connectivity index (χ1) is 9.22. The zero-order chi connectivity index (χ0) is 15.3. The number of carboxylic acid groups (broad SMARTS) is 1. The Hall–Kier alpha value is -1.53. The molecule has 0 heterocycles. The lowest BCUT2D eigenvalue weighted by Gasteiger charge is -2.21. The molecule has 1 rings (SSSR count). The van der Waals surface area contributed by atoms with Crippen LogP contribution in [0, 0.1) is 12.3 Å². The number of carboxylic acids is 1. The molecular formula is C13H17ClN2O3S. The topological polar surface area (TPSA) is 70.6 Å². The van der Waals surface area contributed by atoms with Crippen molar-refractivity contribution in [2.45, 2.75) is 20.8 Å². The Labute approximate surface area is 128 Å². The van der Waals surface area contributed by atoms with Crippen molar-refractivity contribution < 1.29 is 14.7 Å². The third-order valence-electron chi connectivity index (χ3n) is 2.67. The van der Waals surface area contributed by atoms with Gasteiger partial charge in [0, 0.05) is 17.6 Å². The van der Waals surface area contributed by atoms with Crippen LogP contribution in [0.25, 0.3) is 0 Å². The largest absolute Gasteiger partial charge is 0.481 e. The molecule has 20 heavy (non-hydrogen) atoms. The summed E-state index contributed by atoms with van der Waals surface area (Å²) in [6.07, 6.45) is 0. The summed E-state index contributed by atoms with van der Waals surface area (Å²) in [6, 6.07) is 5.24. The molecule has 0 bridgehead atoms. The fraction of sp³-hybridized carbons (Fsp3) is 0.385. The molecule has 0 aliphatic heterocycles. The molecule has 0 fully saturated rings. The molecule has 110 valence electrons. The van der Waals surface area contributed by atoms with E-state index in [1.165, 1.54) is 0 Å². The van der Waals surface area contributed by atoms with Gasteiger partial charge in [-0.15, -0.1) is 0 Å². The minimum absolute atomic E-state index is 0.187. The van der Waals surface area contributed by atoms with E-state index in [4.69, 9.17) is 33.8 Å². The van der Waals surface area contributed by atoms with Crippen molar-refractivity contribution in [1.82, 2.24) is 10.8 Å². The molecule has 0 atom stereocenters. The number of aliphatic carboxylic acids is 1. The van der Waals surface area contributed by atoms with Crippen LogP contribution >= 0.6 is 23.8 Å². The number of hydrogen-bond donors (Lipinski definition) is 3. The molecule has 3 N–H and O–H groups in total. The van der Waals surface area contributed by atoms with E-state index in [1.807, 2.05) is 13.0 Å². The molecule has 1 aromatic rings. The first-order valence-electron chi connectivity index (χ1n) is 5.92. The van der Waals surface area contributed by atoms with Gasteiger partial charge in [0.05, 0.1) is 5.41 Å². The summed E-state index contributed by atoms with van der Waals surface area (Å²) in [7, 11) is 0. The Kier molecular flexibility index (Phi) is 5.59. The van der Waals surface area contributed by atoms with Crippen LogP contribution in [0.3, 0.4) is 0 Å². The second-order valence-electron chi connectivity index (χ2n) is 4.99. The summed E-state index contributed by atoms with van der Waals surface area (Å²) in [6.45, 7) is 5.27. The van der Waals surface area contributed by atoms with Crippen LogP contribution in [0.4, 0.5) is 0 Å². The molecule has 0 saturated carbocycles. The zero-order valence-electron chi connectivity index (χ0n) is 11.5. The molecule has 0 radical (unpaired) electrons. The van der Waals surface area contributed by atoms with Crippen LogP contribution < -0.4 is 15.6 Å². The molecule has 0 spiro atoms. The number of aryl methyl sites for hydroxylation is 1. The monoisotopic (exact) mass is 316 g/mol. The molecule has 0 aliphatic rings. The Morgan fingerprint density at radius 1 is 1.50 bits per heavy atom. The summed E-state index contributed by atoms with van der Waals surface area (Å²) in [5.74, 6) is -0.349. The second kappa shape index (κ2) is 6.76. The standard InChI is InChI=1S/C13H17ClN2O3S/c1-8-4-5-9(14)6-10(8)19-16-12(20)15-7-13(2,3)11(17)18/h4-6H,7H2,1-3H3,(H,17,18)(H2,15,16,20). The van der Waals surface area contributed by atoms with Gasteiger partial charge in [-0.3, -0.25) is 4.79 Å². The van der Waals surface area contributed by atoms with Gasteiger partial charge in [-0.1, -0.05) is 17.7 Å². The van der Waals surface area contributed by atoms with Gasteiger partial charge in [0.2, 0.25) is 0 Å². The van der Waals surface area contributed by atoms with Crippen molar-refractivity contribution in [3.8, 4) is 5.75 Å². The van der Waals surface area contributed by atoms with Crippen LogP contribution in [0.1, 0.15) is 19.4 Å². The van der Waals surface area contributed by atoms with Gasteiger partial charge in [0.1, 0.15) is 0 Å². The predicted octanol–water partition coefficient (Wildman–Crippen LogP) is 2.52. The van der Waals surface area contributed by atoms with E-state index in [2.05, 4.69) is 10.8 Å². The first-order valence-corrected chi connectivity index (χ1v) is 6.71. The molecule has 0 unspecified atom stereocenters. The fourth-order valence-electron chi connectivity index (χ4n) is 1.20. The number of halogens is 1. The van der Waals surface area contributed by atoms with E-state index < -0.39 is 11.4 Å². The van der Waals surface area contributed by atoms with E-state index in [9.17, 15) is 4.79 Å². The van der Waals surface area contributed by atoms with Gasteiger partial charge in [-0.2, -0.15) is 5.48 Å². The van der Waals surface area contributed by atoms with Crippen LogP contribution in [0.15, 0.2) is 18.2 Å². The van der Waals surface area contributed by atoms with Crippen LogP contribution in [-0.2, 0) is 4.79 Å². The summed E-state index contributed by atoms with van der Waals surface area (Å²) in [5, 5.41) is 12.5. The van der Waals surface area contributed by atoms with E-state index in [1.54, 1.807) is 26.0 Å². The van der Waals surface area contributed by atoms with E-state index in [-0.39, 0.29) is 11.7 Å². The van der Waals surface area contributed by atoms with Crippen molar-refractivity contribution in [1.29, 1.82) is 0 Å². The van der Waals surface area contributed by atoms with Gasteiger partial charge >= 0.3 is 5.97 Å². The Bertz CT molecular complexity index is 520. The summed E-state index contributed by atoms with van der Waals surface area (Å²) < 4.78 is 0. The number of thiocarbonyl (C=S) groups is 1. The van der Waals surface area contributed by atoms with E-state index >= 15 is 0 Å². The molecule has 0 aromatic heterocycles. The van der Waals surface area contributed by atoms with Gasteiger partial charge in [-0.05, 0) is 44.6 Å². The highest BCUT2D eigenvalue weighted by atomic mass is 35.5. The van der Waals surface area contributed by atoms with Crippen molar-refractivity contribution in [2.24, 2.45) is 5.41 Å². The number of hydroxylamine groups is 1. The third kappa shape index (κ3) is 4.86. The van der Waals surface area contributed by atoms with Gasteiger partial charge in [-0.25, -0.2) is 0 Å². The molecule has 0 amide bonds. The first kappa shape index (κ1) is 16.5. The maximum atomic E-state index is 10.9. The van der Waals surface area contributed by atoms with Gasteiger partial charge in [0.25, 0.3) is 0 Å². The molecule has 5 nitrogen and oxygen atoms in total. The number of nitrogens with one attached hydrogen (secondary N) is 2. The molecular weight excluding hydrogens is 300 g/mol. The van der Waals surface area contributed by atoms with Crippen molar-refractivity contribution in [3.63, 3.8) is 0 Å². The predicted molar refractivity (Wildman–Crippen MR) is 82.0 cm³/mol. The minimum atomic E-state index is -0.919. The Balaban J connectivity index is 2.48. The normalized spacial score (nSPS) is 10.8. The van der Waals surface area contributed by atoms with Crippen molar-refractivity contribution in [2.75, 3.05) is 6.54 Å². The van der Waals surface area contributed by atoms with Gasteiger partial charge < -0.3 is 15.3 Å². The lowest BCUT2D eigenvalue weighted by Crippen LogP contribution is -2.44. The second-order valence-corrected chi connectivity index (χ2v) is 5.83. The molecule has 0 saturated heterocycles. The van der Waals surface area contributed by atoms with Crippen LogP contribution in [0.2, 0.25) is 5.02 Å². The fourth-order valence-corrected chi connectivity index (χ4v) is 1.47. The highest BCUT2D eigenvalue weighted by molar-refractivity contribution is 7.80. The molecule has 1 aromatic carbocycles. The van der Waals surface area contributed by atoms with E-state index in [0.717, 1.165) is 5.56 Å². The maximum Gasteiger partial charge on any atom is 0.310 e. The summed E-state index contributed by atoms with van der Waals surface area (Å²) in [5.41, 5.74) is 2.53. The van der Waals surface area contributed by atoms with Crippen molar-refractivity contribution >= 4 is 34.9 Å². The number of rotatable bonds is 5. The van der Waals surface area contributed by atoms with Crippen LogP contribution in [0.5, 0.6) is 5.75 Å². The Morgan fingerprint density at radius 2 is 2.15 bits per heavy atom.